The maximum absolute atomic E-state index is 9.36. The highest BCUT2D eigenvalue weighted by Gasteiger charge is 2.18. The lowest BCUT2D eigenvalue weighted by atomic mass is 10.0. The van der Waals surface area contributed by atoms with E-state index in [-0.39, 0.29) is 5.75 Å². The van der Waals surface area contributed by atoms with Crippen LogP contribution in [0.5, 0.6) is 5.75 Å². The van der Waals surface area contributed by atoms with Crippen LogP contribution in [0.1, 0.15) is 23.6 Å². The van der Waals surface area contributed by atoms with Crippen LogP contribution in [0.25, 0.3) is 0 Å². The van der Waals surface area contributed by atoms with E-state index in [2.05, 4.69) is 41.4 Å². The number of nitrogens with zero attached hydrogens (tertiary/aromatic N) is 2. The average Bonchev–Trinajstić information content (AvgIpc) is 2.59. The van der Waals surface area contributed by atoms with E-state index in [0.29, 0.717) is 6.54 Å². The van der Waals surface area contributed by atoms with Gasteiger partial charge in [-0.05, 0) is 42.2 Å². The average molecular weight is 309 g/mol. The fourth-order valence-corrected chi connectivity index (χ4v) is 2.87. The number of guanidine groups is 1. The number of aromatic hydroxyl groups is 1. The SMILES string of the molecule is CCNC(=NCc1ccc(O)cc1)N1CCc2ccccc2C1. The molecular weight excluding hydrogens is 286 g/mol. The molecule has 0 amide bonds. The largest absolute Gasteiger partial charge is 0.508 e. The lowest BCUT2D eigenvalue weighted by molar-refractivity contribution is 0.378. The first-order valence-corrected chi connectivity index (χ1v) is 8.14. The molecule has 0 radical (unpaired) electrons. The highest BCUT2D eigenvalue weighted by molar-refractivity contribution is 5.80. The summed E-state index contributed by atoms with van der Waals surface area (Å²) in [5.41, 5.74) is 3.92. The van der Waals surface area contributed by atoms with Crippen molar-refractivity contribution < 1.29 is 5.11 Å². The van der Waals surface area contributed by atoms with Crippen LogP contribution in [0.15, 0.2) is 53.5 Å². The second-order valence-corrected chi connectivity index (χ2v) is 5.78. The van der Waals surface area contributed by atoms with Gasteiger partial charge in [0, 0.05) is 19.6 Å². The van der Waals surface area contributed by atoms with Gasteiger partial charge in [0.25, 0.3) is 0 Å². The molecule has 120 valence electrons. The third kappa shape index (κ3) is 3.83. The molecule has 0 unspecified atom stereocenters. The molecule has 0 fully saturated rings. The van der Waals surface area contributed by atoms with Gasteiger partial charge in [-0.25, -0.2) is 4.99 Å². The van der Waals surface area contributed by atoms with E-state index in [1.807, 2.05) is 12.1 Å². The monoisotopic (exact) mass is 309 g/mol. The predicted molar refractivity (Wildman–Crippen MR) is 93.5 cm³/mol. The Balaban J connectivity index is 1.73. The molecule has 1 aliphatic heterocycles. The Morgan fingerprint density at radius 1 is 1.13 bits per heavy atom. The number of fused-ring (bicyclic) bond motifs is 1. The Morgan fingerprint density at radius 3 is 2.61 bits per heavy atom. The first kappa shape index (κ1) is 15.4. The molecule has 2 aromatic rings. The molecule has 0 atom stereocenters. The third-order valence-electron chi connectivity index (χ3n) is 4.11. The van der Waals surface area contributed by atoms with Crippen molar-refractivity contribution in [3.63, 3.8) is 0 Å². The molecule has 4 nitrogen and oxygen atoms in total. The highest BCUT2D eigenvalue weighted by atomic mass is 16.3. The normalized spacial score (nSPS) is 14.5. The van der Waals surface area contributed by atoms with Gasteiger partial charge < -0.3 is 15.3 Å². The van der Waals surface area contributed by atoms with Gasteiger partial charge in [-0.3, -0.25) is 0 Å². The molecule has 4 heteroatoms. The van der Waals surface area contributed by atoms with E-state index in [4.69, 9.17) is 4.99 Å². The second kappa shape index (κ2) is 7.18. The van der Waals surface area contributed by atoms with Crippen LogP contribution in [-0.4, -0.2) is 29.1 Å². The number of phenols is 1. The van der Waals surface area contributed by atoms with Gasteiger partial charge in [-0.15, -0.1) is 0 Å². The molecule has 0 aliphatic carbocycles. The van der Waals surface area contributed by atoms with Gasteiger partial charge in [0.2, 0.25) is 0 Å². The van der Waals surface area contributed by atoms with Crippen LogP contribution in [0.4, 0.5) is 0 Å². The summed E-state index contributed by atoms with van der Waals surface area (Å²) in [4.78, 5) is 7.07. The van der Waals surface area contributed by atoms with E-state index < -0.39 is 0 Å². The first-order valence-electron chi connectivity index (χ1n) is 8.14. The summed E-state index contributed by atoms with van der Waals surface area (Å²) in [6.07, 6.45) is 1.06. The molecule has 0 saturated carbocycles. The molecular formula is C19H23N3O. The molecule has 1 heterocycles. The van der Waals surface area contributed by atoms with E-state index in [1.54, 1.807) is 12.1 Å². The third-order valence-corrected chi connectivity index (χ3v) is 4.11. The summed E-state index contributed by atoms with van der Waals surface area (Å²) in [5, 5.41) is 12.8. The Kier molecular flexibility index (Phi) is 4.81. The van der Waals surface area contributed by atoms with Crippen molar-refractivity contribution in [2.45, 2.75) is 26.4 Å². The quantitative estimate of drug-likeness (QED) is 0.677. The maximum atomic E-state index is 9.36. The zero-order valence-electron chi connectivity index (χ0n) is 13.5. The number of hydrogen-bond acceptors (Lipinski definition) is 2. The van der Waals surface area contributed by atoms with E-state index in [0.717, 1.165) is 37.6 Å². The van der Waals surface area contributed by atoms with Crippen molar-refractivity contribution >= 4 is 5.96 Å². The number of rotatable bonds is 3. The van der Waals surface area contributed by atoms with Gasteiger partial charge >= 0.3 is 0 Å². The number of aliphatic imine (C=N–C) groups is 1. The minimum Gasteiger partial charge on any atom is -0.508 e. The fourth-order valence-electron chi connectivity index (χ4n) is 2.87. The van der Waals surface area contributed by atoms with Gasteiger partial charge in [-0.1, -0.05) is 36.4 Å². The fraction of sp³-hybridized carbons (Fsp3) is 0.316. The number of nitrogens with one attached hydrogen (secondary N) is 1. The number of phenolic OH excluding ortho intramolecular Hbond substituents is 1. The Hall–Kier alpha value is -2.49. The summed E-state index contributed by atoms with van der Waals surface area (Å²) in [6.45, 7) is 5.44. The Morgan fingerprint density at radius 2 is 1.87 bits per heavy atom. The zero-order chi connectivity index (χ0) is 16.1. The van der Waals surface area contributed by atoms with Crippen molar-refractivity contribution in [1.82, 2.24) is 10.2 Å². The zero-order valence-corrected chi connectivity index (χ0v) is 13.5. The van der Waals surface area contributed by atoms with Crippen LogP contribution >= 0.6 is 0 Å². The Bertz CT molecular complexity index is 679. The lowest BCUT2D eigenvalue weighted by Gasteiger charge is -2.31. The second-order valence-electron chi connectivity index (χ2n) is 5.78. The van der Waals surface area contributed by atoms with Gasteiger partial charge in [0.15, 0.2) is 5.96 Å². The molecule has 3 rings (SSSR count). The summed E-state index contributed by atoms with van der Waals surface area (Å²) in [6, 6.07) is 15.9. The minimum absolute atomic E-state index is 0.289. The van der Waals surface area contributed by atoms with Crippen molar-refractivity contribution in [2.75, 3.05) is 13.1 Å². The lowest BCUT2D eigenvalue weighted by Crippen LogP contribution is -2.44. The van der Waals surface area contributed by atoms with Crippen LogP contribution in [0.2, 0.25) is 0 Å². The Labute approximate surface area is 137 Å². The molecule has 0 saturated heterocycles. The molecule has 2 N–H and O–H groups in total. The van der Waals surface area contributed by atoms with Crippen molar-refractivity contribution in [3.8, 4) is 5.75 Å². The van der Waals surface area contributed by atoms with Crippen LogP contribution < -0.4 is 5.32 Å². The van der Waals surface area contributed by atoms with Crippen LogP contribution in [0, 0.1) is 0 Å². The molecule has 0 bridgehead atoms. The summed E-state index contributed by atoms with van der Waals surface area (Å²) in [5.74, 6) is 1.24. The van der Waals surface area contributed by atoms with Crippen LogP contribution in [-0.2, 0) is 19.5 Å². The summed E-state index contributed by atoms with van der Waals surface area (Å²) in [7, 11) is 0. The topological polar surface area (TPSA) is 47.9 Å². The van der Waals surface area contributed by atoms with Crippen molar-refractivity contribution in [1.29, 1.82) is 0 Å². The van der Waals surface area contributed by atoms with E-state index >= 15 is 0 Å². The molecule has 23 heavy (non-hydrogen) atoms. The summed E-state index contributed by atoms with van der Waals surface area (Å²) < 4.78 is 0. The van der Waals surface area contributed by atoms with E-state index in [9.17, 15) is 5.11 Å². The highest BCUT2D eigenvalue weighted by Crippen LogP contribution is 2.18. The van der Waals surface area contributed by atoms with Crippen molar-refractivity contribution in [3.05, 3.63) is 65.2 Å². The number of hydrogen-bond donors (Lipinski definition) is 2. The predicted octanol–water partition coefficient (Wildman–Crippen LogP) is 2.92. The van der Waals surface area contributed by atoms with E-state index in [1.165, 1.54) is 11.1 Å². The maximum Gasteiger partial charge on any atom is 0.194 e. The smallest absolute Gasteiger partial charge is 0.194 e. The van der Waals surface area contributed by atoms with Crippen molar-refractivity contribution in [2.24, 2.45) is 4.99 Å². The molecule has 1 aliphatic rings. The first-order chi connectivity index (χ1) is 11.3. The van der Waals surface area contributed by atoms with Crippen LogP contribution in [0.3, 0.4) is 0 Å². The standard InChI is InChI=1S/C19H23N3O/c1-2-20-19(21-13-15-7-9-18(23)10-8-15)22-12-11-16-5-3-4-6-17(16)14-22/h3-10,23H,2,11-14H2,1H3,(H,20,21). The molecule has 0 aromatic heterocycles. The minimum atomic E-state index is 0.289. The summed E-state index contributed by atoms with van der Waals surface area (Å²) >= 11 is 0. The van der Waals surface area contributed by atoms with Gasteiger partial charge in [0.1, 0.15) is 5.75 Å². The number of benzene rings is 2. The molecule has 0 spiro atoms. The molecule has 2 aromatic carbocycles. The van der Waals surface area contributed by atoms with Gasteiger partial charge in [0.05, 0.1) is 6.54 Å². The van der Waals surface area contributed by atoms with Gasteiger partial charge in [-0.2, -0.15) is 0 Å².